The molecule has 1 aromatic heterocycles. The molecule has 0 radical (unpaired) electrons. The van der Waals surface area contributed by atoms with Crippen molar-refractivity contribution in [3.8, 4) is 0 Å². The molecular formula is C17H23N4O2+3. The number of benzene rings is 1. The van der Waals surface area contributed by atoms with Gasteiger partial charge in [-0.3, -0.25) is 10.1 Å². The molecule has 1 aliphatic rings. The quantitative estimate of drug-likeness (QED) is 0.543. The first-order valence-corrected chi connectivity index (χ1v) is 8.06. The lowest BCUT2D eigenvalue weighted by Gasteiger charge is -2.29. The van der Waals surface area contributed by atoms with E-state index in [2.05, 4.69) is 17.1 Å². The Labute approximate surface area is 135 Å². The highest BCUT2D eigenvalue weighted by Gasteiger charge is 2.23. The molecule has 0 atom stereocenters. The average molecular weight is 315 g/mol. The number of nitrogens with one attached hydrogen (secondary N) is 3. The van der Waals surface area contributed by atoms with E-state index in [9.17, 15) is 10.1 Å². The standard InChI is InChI=1S/C17H20N4O2/c22-21(23)17-3-1-2-16(12-17)14-20-10-8-19(9-11-20)13-15-4-6-18-7-5-15/h1-7,12H,8-11,13-14H2/p+3. The zero-order chi connectivity index (χ0) is 16.1. The molecule has 0 spiro atoms. The van der Waals surface area contributed by atoms with Crippen LogP contribution in [0, 0.1) is 10.1 Å². The van der Waals surface area contributed by atoms with E-state index in [4.69, 9.17) is 0 Å². The maximum atomic E-state index is 10.9. The summed E-state index contributed by atoms with van der Waals surface area (Å²) < 4.78 is 0. The summed E-state index contributed by atoms with van der Waals surface area (Å²) in [5, 5.41) is 10.9. The number of rotatable bonds is 5. The van der Waals surface area contributed by atoms with Gasteiger partial charge >= 0.3 is 0 Å². The Hall–Kier alpha value is -2.31. The number of pyridine rings is 1. The van der Waals surface area contributed by atoms with E-state index in [0.29, 0.717) is 0 Å². The number of aromatic nitrogens is 1. The van der Waals surface area contributed by atoms with Crippen LogP contribution in [-0.2, 0) is 13.1 Å². The van der Waals surface area contributed by atoms with Crippen molar-refractivity contribution < 1.29 is 19.7 Å². The summed E-state index contributed by atoms with van der Waals surface area (Å²) in [6.45, 7) is 6.44. The predicted molar refractivity (Wildman–Crippen MR) is 84.9 cm³/mol. The van der Waals surface area contributed by atoms with Crippen LogP contribution in [0.3, 0.4) is 0 Å². The van der Waals surface area contributed by atoms with E-state index >= 15 is 0 Å². The molecule has 1 fully saturated rings. The molecule has 1 saturated heterocycles. The summed E-state index contributed by atoms with van der Waals surface area (Å²) in [7, 11) is 0. The fraction of sp³-hybridized carbons (Fsp3) is 0.353. The molecule has 120 valence electrons. The summed E-state index contributed by atoms with van der Waals surface area (Å²) >= 11 is 0. The Morgan fingerprint density at radius 2 is 1.57 bits per heavy atom. The van der Waals surface area contributed by atoms with Gasteiger partial charge in [0.1, 0.15) is 39.3 Å². The third kappa shape index (κ3) is 4.34. The Morgan fingerprint density at radius 1 is 0.957 bits per heavy atom. The van der Waals surface area contributed by atoms with Gasteiger partial charge in [-0.1, -0.05) is 12.1 Å². The van der Waals surface area contributed by atoms with Crippen molar-refractivity contribution >= 4 is 5.69 Å². The minimum atomic E-state index is -0.321. The molecule has 0 unspecified atom stereocenters. The number of hydrogen-bond acceptors (Lipinski definition) is 2. The molecule has 1 aromatic carbocycles. The summed E-state index contributed by atoms with van der Waals surface area (Å²) in [5.74, 6) is 0. The number of nitro benzene ring substituents is 1. The second-order valence-corrected chi connectivity index (χ2v) is 6.19. The molecule has 3 rings (SSSR count). The van der Waals surface area contributed by atoms with Gasteiger partial charge in [0.05, 0.1) is 4.92 Å². The van der Waals surface area contributed by atoms with Gasteiger partial charge in [-0.15, -0.1) is 0 Å². The van der Waals surface area contributed by atoms with Gasteiger partial charge in [0.15, 0.2) is 12.4 Å². The van der Waals surface area contributed by atoms with Crippen LogP contribution in [0.5, 0.6) is 0 Å². The first kappa shape index (κ1) is 15.6. The number of nitrogens with zero attached hydrogens (tertiary/aromatic N) is 1. The second-order valence-electron chi connectivity index (χ2n) is 6.19. The Balaban J connectivity index is 1.51. The molecule has 6 nitrogen and oxygen atoms in total. The number of H-pyrrole nitrogens is 1. The van der Waals surface area contributed by atoms with Crippen LogP contribution < -0.4 is 14.8 Å². The van der Waals surface area contributed by atoms with Crippen LogP contribution in [0.25, 0.3) is 0 Å². The van der Waals surface area contributed by atoms with E-state index in [1.165, 1.54) is 10.5 Å². The SMILES string of the molecule is O=[N+]([O-])c1cccc(C[NH+]2CC[NH+](Cc3cc[nH+]cc3)CC2)c1. The molecule has 1 aliphatic heterocycles. The van der Waals surface area contributed by atoms with Gasteiger partial charge < -0.3 is 9.80 Å². The van der Waals surface area contributed by atoms with Gasteiger partial charge in [0.25, 0.3) is 5.69 Å². The second kappa shape index (κ2) is 7.30. The zero-order valence-electron chi connectivity index (χ0n) is 13.1. The van der Waals surface area contributed by atoms with Crippen LogP contribution in [0.15, 0.2) is 48.8 Å². The average Bonchev–Trinajstić information content (AvgIpc) is 2.58. The first-order chi connectivity index (χ1) is 11.2. The molecule has 2 heterocycles. The van der Waals surface area contributed by atoms with Gasteiger partial charge in [-0.2, -0.15) is 0 Å². The predicted octanol–water partition coefficient (Wildman–Crippen LogP) is -1.11. The van der Waals surface area contributed by atoms with Crippen LogP contribution in [0.2, 0.25) is 0 Å². The Bertz CT molecular complexity index is 655. The lowest BCUT2D eigenvalue weighted by Crippen LogP contribution is -3.27. The molecular weight excluding hydrogens is 292 g/mol. The molecule has 0 saturated carbocycles. The molecule has 6 heteroatoms. The van der Waals surface area contributed by atoms with E-state index < -0.39 is 0 Å². The van der Waals surface area contributed by atoms with E-state index in [1.54, 1.807) is 23.1 Å². The minimum Gasteiger partial charge on any atom is -0.322 e. The Kier molecular flexibility index (Phi) is 4.95. The van der Waals surface area contributed by atoms with Crippen LogP contribution in [0.1, 0.15) is 11.1 Å². The molecule has 3 N–H and O–H groups in total. The molecule has 0 amide bonds. The highest BCUT2D eigenvalue weighted by atomic mass is 16.6. The van der Waals surface area contributed by atoms with Crippen molar-refractivity contribution in [3.05, 3.63) is 70.0 Å². The van der Waals surface area contributed by atoms with Crippen LogP contribution in [-0.4, -0.2) is 31.1 Å². The highest BCUT2D eigenvalue weighted by Crippen LogP contribution is 2.12. The number of piperazine rings is 1. The molecule has 23 heavy (non-hydrogen) atoms. The van der Waals surface area contributed by atoms with Gasteiger partial charge in [-0.05, 0) is 0 Å². The highest BCUT2D eigenvalue weighted by molar-refractivity contribution is 5.33. The van der Waals surface area contributed by atoms with E-state index in [0.717, 1.165) is 44.8 Å². The number of nitro groups is 1. The third-order valence-electron chi connectivity index (χ3n) is 4.48. The van der Waals surface area contributed by atoms with Gasteiger partial charge in [0, 0.05) is 35.4 Å². The first-order valence-electron chi connectivity index (χ1n) is 8.06. The van der Waals surface area contributed by atoms with Crippen molar-refractivity contribution in [2.75, 3.05) is 26.2 Å². The zero-order valence-corrected chi connectivity index (χ0v) is 13.1. The third-order valence-corrected chi connectivity index (χ3v) is 4.48. The van der Waals surface area contributed by atoms with Crippen molar-refractivity contribution in [1.29, 1.82) is 0 Å². The van der Waals surface area contributed by atoms with Crippen LogP contribution >= 0.6 is 0 Å². The van der Waals surface area contributed by atoms with Gasteiger partial charge in [-0.25, -0.2) is 4.98 Å². The summed E-state index contributed by atoms with van der Waals surface area (Å²) in [4.78, 5) is 16.7. The number of hydrogen-bond donors (Lipinski definition) is 2. The van der Waals surface area contributed by atoms with Crippen LogP contribution in [0.4, 0.5) is 5.69 Å². The fourth-order valence-corrected chi connectivity index (χ4v) is 3.21. The summed E-state index contributed by atoms with van der Waals surface area (Å²) in [6, 6.07) is 11.3. The lowest BCUT2D eigenvalue weighted by molar-refractivity contribution is -1.02. The maximum absolute atomic E-state index is 10.9. The minimum absolute atomic E-state index is 0.187. The lowest BCUT2D eigenvalue weighted by atomic mass is 10.1. The number of non-ortho nitro benzene ring substituents is 1. The fourth-order valence-electron chi connectivity index (χ4n) is 3.21. The van der Waals surface area contributed by atoms with Crippen molar-refractivity contribution in [2.24, 2.45) is 0 Å². The largest absolute Gasteiger partial charge is 0.322 e. The van der Waals surface area contributed by atoms with Gasteiger partial charge in [0.2, 0.25) is 0 Å². The molecule has 0 aliphatic carbocycles. The summed E-state index contributed by atoms with van der Waals surface area (Å²) in [5.41, 5.74) is 2.60. The molecule has 2 aromatic rings. The monoisotopic (exact) mass is 315 g/mol. The number of quaternary nitrogens is 2. The smallest absolute Gasteiger partial charge is 0.269 e. The van der Waals surface area contributed by atoms with Crippen molar-refractivity contribution in [1.82, 2.24) is 0 Å². The Morgan fingerprint density at radius 3 is 2.17 bits per heavy atom. The topological polar surface area (TPSA) is 66.2 Å². The van der Waals surface area contributed by atoms with E-state index in [1.807, 2.05) is 18.5 Å². The van der Waals surface area contributed by atoms with Crippen molar-refractivity contribution in [3.63, 3.8) is 0 Å². The maximum Gasteiger partial charge on any atom is 0.269 e. The normalized spacial score (nSPS) is 21.0. The number of aromatic amines is 1. The summed E-state index contributed by atoms with van der Waals surface area (Å²) in [6.07, 6.45) is 3.94. The van der Waals surface area contributed by atoms with E-state index in [-0.39, 0.29) is 10.6 Å². The molecule has 0 bridgehead atoms. The van der Waals surface area contributed by atoms with Crippen molar-refractivity contribution in [2.45, 2.75) is 13.1 Å².